The quantitative estimate of drug-likeness (QED) is 0.149. The van der Waals surface area contributed by atoms with Gasteiger partial charge >= 0.3 is 12.4 Å². The minimum absolute atomic E-state index is 0.0957. The molecule has 4 aromatic carbocycles. The number of ether oxygens (including phenoxy) is 2. The molecule has 0 saturated carbocycles. The molecule has 2 N–H and O–H groups in total. The number of nitrogens with zero attached hydrogens (tertiary/aromatic N) is 2. The Morgan fingerprint density at radius 3 is 1.52 bits per heavy atom. The van der Waals surface area contributed by atoms with E-state index in [-0.39, 0.29) is 24.7 Å². The largest absolute Gasteiger partial charge is 0.492 e. The van der Waals surface area contributed by atoms with Gasteiger partial charge in [0.1, 0.15) is 30.8 Å². The number of likely N-dealkylation sites (tertiary alicyclic amines) is 2. The molecule has 0 spiro atoms. The maximum atomic E-state index is 13.0. The van der Waals surface area contributed by atoms with Crippen LogP contribution in [0.2, 0.25) is 0 Å². The molecule has 2 fully saturated rings. The van der Waals surface area contributed by atoms with Crippen molar-refractivity contribution in [1.82, 2.24) is 9.80 Å². The summed E-state index contributed by atoms with van der Waals surface area (Å²) in [6.07, 6.45) is -4.87. The Kier molecular flexibility index (Phi) is 14.2. The second kappa shape index (κ2) is 18.8. The lowest BCUT2D eigenvalue weighted by molar-refractivity contribution is -0.139. The lowest BCUT2D eigenvalue weighted by Gasteiger charge is -2.41. The van der Waals surface area contributed by atoms with Crippen molar-refractivity contribution in [1.29, 1.82) is 0 Å². The van der Waals surface area contributed by atoms with Crippen LogP contribution in [0.4, 0.5) is 26.3 Å². The summed E-state index contributed by atoms with van der Waals surface area (Å²) in [5.74, 6) is -0.273. The molecule has 2 aliphatic heterocycles. The summed E-state index contributed by atoms with van der Waals surface area (Å²) in [6, 6.07) is 29.8. The number of halogens is 6. The van der Waals surface area contributed by atoms with Crippen LogP contribution < -0.4 is 9.47 Å². The van der Waals surface area contributed by atoms with Gasteiger partial charge in [-0.15, -0.1) is 0 Å². The normalized spacial score (nSPS) is 17.2. The average molecular weight is 757 g/mol. The molecule has 6 nitrogen and oxygen atoms in total. The maximum absolute atomic E-state index is 13.0. The van der Waals surface area contributed by atoms with Gasteiger partial charge < -0.3 is 19.7 Å². The molecule has 2 heterocycles. The first-order chi connectivity index (χ1) is 25.8. The molecule has 6 rings (SSSR count). The van der Waals surface area contributed by atoms with E-state index in [4.69, 9.17) is 9.47 Å². The van der Waals surface area contributed by atoms with E-state index in [1.807, 2.05) is 41.3 Å². The van der Waals surface area contributed by atoms with Gasteiger partial charge in [0.15, 0.2) is 0 Å². The van der Waals surface area contributed by atoms with Crippen molar-refractivity contribution in [2.24, 2.45) is 0 Å². The standard InChI is InChI=1S/C21H24F3NO3.C21H22F3NO/c22-21(23,24)17-8-4-5-9-18(17)28-15-14-25-12-10-20(27,11-13-25)19(26)16-6-2-1-3-7-16;22-21(23,24)19-8-4-5-9-20(19)26-15-14-25-12-10-18(11-13-25)16-17-6-2-1-3-7-17/h1-9,19,26-27H,10-15H2;1-9,16H,10-15H2. The van der Waals surface area contributed by atoms with Crippen molar-refractivity contribution in [3.05, 3.63) is 137 Å². The number of aliphatic hydroxyl groups excluding tert-OH is 1. The SMILES string of the molecule is FC(F)(F)c1ccccc1OCCN1CCC(=Cc2ccccc2)CC1.OC(c1ccccc1)C1(O)CCN(CCOc2ccccc2C(F)(F)F)CC1. The van der Waals surface area contributed by atoms with Crippen LogP contribution in [0.15, 0.2) is 115 Å². The van der Waals surface area contributed by atoms with Crippen LogP contribution in [0, 0.1) is 0 Å². The van der Waals surface area contributed by atoms with E-state index in [0.29, 0.717) is 44.6 Å². The molecule has 12 heteroatoms. The molecule has 0 radical (unpaired) electrons. The number of piperidine rings is 2. The van der Waals surface area contributed by atoms with Gasteiger partial charge in [-0.1, -0.05) is 96.6 Å². The molecule has 1 atom stereocenters. The van der Waals surface area contributed by atoms with Crippen LogP contribution in [-0.4, -0.2) is 78.1 Å². The molecule has 1 unspecified atom stereocenters. The fourth-order valence-corrected chi connectivity index (χ4v) is 6.60. The zero-order valence-electron chi connectivity index (χ0n) is 29.9. The molecule has 54 heavy (non-hydrogen) atoms. The van der Waals surface area contributed by atoms with Crippen LogP contribution in [0.3, 0.4) is 0 Å². The van der Waals surface area contributed by atoms with Gasteiger partial charge in [0.25, 0.3) is 0 Å². The minimum atomic E-state index is -4.45. The topological polar surface area (TPSA) is 65.4 Å². The number of para-hydroxylation sites is 2. The molecule has 2 saturated heterocycles. The Bertz CT molecular complexity index is 1750. The second-order valence-corrected chi connectivity index (χ2v) is 13.5. The third-order valence-electron chi connectivity index (χ3n) is 9.73. The summed E-state index contributed by atoms with van der Waals surface area (Å²) >= 11 is 0. The first-order valence-corrected chi connectivity index (χ1v) is 18.0. The van der Waals surface area contributed by atoms with Crippen LogP contribution in [0.5, 0.6) is 11.5 Å². The Morgan fingerprint density at radius 2 is 1.04 bits per heavy atom. The van der Waals surface area contributed by atoms with Crippen molar-refractivity contribution in [3.63, 3.8) is 0 Å². The summed E-state index contributed by atoms with van der Waals surface area (Å²) in [4.78, 5) is 4.25. The van der Waals surface area contributed by atoms with Crippen molar-refractivity contribution in [3.8, 4) is 11.5 Å². The van der Waals surface area contributed by atoms with Gasteiger partial charge in [-0.05, 0) is 61.1 Å². The van der Waals surface area contributed by atoms with Crippen LogP contribution in [-0.2, 0) is 12.4 Å². The van der Waals surface area contributed by atoms with Crippen molar-refractivity contribution in [2.45, 2.75) is 49.7 Å². The Balaban J connectivity index is 0.000000208. The minimum Gasteiger partial charge on any atom is -0.492 e. The zero-order chi connectivity index (χ0) is 38.6. The molecular formula is C42H46F6N2O4. The summed E-state index contributed by atoms with van der Waals surface area (Å²) in [5.41, 5.74) is 0.590. The molecule has 2 aliphatic rings. The van der Waals surface area contributed by atoms with E-state index in [2.05, 4.69) is 23.1 Å². The molecule has 0 aliphatic carbocycles. The first kappa shape index (κ1) is 40.8. The summed E-state index contributed by atoms with van der Waals surface area (Å²) in [7, 11) is 0. The molecule has 290 valence electrons. The predicted octanol–water partition coefficient (Wildman–Crippen LogP) is 8.91. The van der Waals surface area contributed by atoms with Gasteiger partial charge in [-0.3, -0.25) is 9.80 Å². The highest BCUT2D eigenvalue weighted by molar-refractivity contribution is 5.52. The Labute approximate surface area is 312 Å². The summed E-state index contributed by atoms with van der Waals surface area (Å²) in [5, 5.41) is 21.3. The fourth-order valence-electron chi connectivity index (χ4n) is 6.60. The van der Waals surface area contributed by atoms with E-state index in [1.54, 1.807) is 18.2 Å². The molecule has 4 aromatic rings. The summed E-state index contributed by atoms with van der Waals surface area (Å²) < 4.78 is 88.6. The van der Waals surface area contributed by atoms with Gasteiger partial charge in [0.2, 0.25) is 0 Å². The first-order valence-electron chi connectivity index (χ1n) is 18.0. The predicted molar refractivity (Wildman–Crippen MR) is 196 cm³/mol. The second-order valence-electron chi connectivity index (χ2n) is 13.5. The molecule has 0 bridgehead atoms. The highest BCUT2D eigenvalue weighted by atomic mass is 19.4. The van der Waals surface area contributed by atoms with Crippen molar-refractivity contribution >= 4 is 6.08 Å². The van der Waals surface area contributed by atoms with Gasteiger partial charge in [-0.2, -0.15) is 26.3 Å². The Hall–Kier alpha value is -4.36. The van der Waals surface area contributed by atoms with Gasteiger partial charge in [0, 0.05) is 39.3 Å². The van der Waals surface area contributed by atoms with E-state index in [9.17, 15) is 36.6 Å². The smallest absolute Gasteiger partial charge is 0.419 e. The number of benzene rings is 4. The number of alkyl halides is 6. The number of hydrogen-bond donors (Lipinski definition) is 2. The monoisotopic (exact) mass is 756 g/mol. The highest BCUT2D eigenvalue weighted by Gasteiger charge is 2.40. The average Bonchev–Trinajstić information content (AvgIpc) is 3.17. The molecule has 0 amide bonds. The number of aliphatic hydroxyl groups is 2. The van der Waals surface area contributed by atoms with Crippen molar-refractivity contribution < 1.29 is 46.0 Å². The highest BCUT2D eigenvalue weighted by Crippen LogP contribution is 2.38. The zero-order valence-corrected chi connectivity index (χ0v) is 29.9. The van der Waals surface area contributed by atoms with Gasteiger partial charge in [0.05, 0.1) is 16.7 Å². The van der Waals surface area contributed by atoms with E-state index in [1.165, 1.54) is 41.5 Å². The Morgan fingerprint density at radius 1 is 0.611 bits per heavy atom. The van der Waals surface area contributed by atoms with Crippen molar-refractivity contribution in [2.75, 3.05) is 52.5 Å². The molecule has 0 aromatic heterocycles. The van der Waals surface area contributed by atoms with Crippen LogP contribution in [0.1, 0.15) is 54.0 Å². The fraction of sp³-hybridized carbons (Fsp3) is 0.381. The third kappa shape index (κ3) is 11.8. The van der Waals surface area contributed by atoms with Crippen LogP contribution in [0.25, 0.3) is 6.08 Å². The van der Waals surface area contributed by atoms with E-state index >= 15 is 0 Å². The third-order valence-corrected chi connectivity index (χ3v) is 9.73. The number of hydrogen-bond acceptors (Lipinski definition) is 6. The van der Waals surface area contributed by atoms with Gasteiger partial charge in [-0.25, -0.2) is 0 Å². The molecular weight excluding hydrogens is 710 g/mol. The number of rotatable bonds is 11. The van der Waals surface area contributed by atoms with E-state index < -0.39 is 35.2 Å². The lowest BCUT2D eigenvalue weighted by atomic mass is 9.83. The van der Waals surface area contributed by atoms with Crippen LogP contribution >= 0.6 is 0 Å². The van der Waals surface area contributed by atoms with E-state index in [0.717, 1.165) is 38.1 Å². The summed E-state index contributed by atoms with van der Waals surface area (Å²) in [6.45, 7) is 4.33. The lowest BCUT2D eigenvalue weighted by Crippen LogP contribution is -2.48. The maximum Gasteiger partial charge on any atom is 0.419 e.